The molecule has 1 fully saturated rings. The quantitative estimate of drug-likeness (QED) is 0.544. The summed E-state index contributed by atoms with van der Waals surface area (Å²) in [4.78, 5) is 13.6. The Morgan fingerprint density at radius 3 is 2.72 bits per heavy atom. The average Bonchev–Trinajstić information content (AvgIpc) is 3.21. The molecule has 2 aromatic rings. The molecule has 1 atom stereocenters. The van der Waals surface area contributed by atoms with Crippen LogP contribution in [0.5, 0.6) is 0 Å². The van der Waals surface area contributed by atoms with Crippen LogP contribution in [-0.4, -0.2) is 60.3 Å². The molecular weight excluding hydrogens is 392 g/mol. The van der Waals surface area contributed by atoms with Crippen LogP contribution >= 0.6 is 11.6 Å². The van der Waals surface area contributed by atoms with E-state index in [-0.39, 0.29) is 6.10 Å². The molecule has 1 unspecified atom stereocenters. The van der Waals surface area contributed by atoms with Crippen LogP contribution in [0.4, 0.5) is 5.69 Å². The average molecular weight is 421 g/mol. The fourth-order valence-electron chi connectivity index (χ4n) is 3.26. The smallest absolute Gasteiger partial charge is 0.248 e. The highest BCUT2D eigenvalue weighted by molar-refractivity contribution is 6.33. The van der Waals surface area contributed by atoms with Crippen molar-refractivity contribution in [2.45, 2.75) is 33.4 Å². The van der Waals surface area contributed by atoms with Crippen molar-refractivity contribution >= 4 is 23.2 Å². The zero-order valence-electron chi connectivity index (χ0n) is 17.3. The number of hydrogen-bond acceptors (Lipinski definition) is 6. The van der Waals surface area contributed by atoms with Crippen molar-refractivity contribution in [1.82, 2.24) is 20.4 Å². The van der Waals surface area contributed by atoms with Gasteiger partial charge in [-0.1, -0.05) is 28.9 Å². The molecule has 158 valence electrons. The number of aliphatic imine (C=N–C) groups is 1. The van der Waals surface area contributed by atoms with Gasteiger partial charge in [-0.2, -0.15) is 4.98 Å². The van der Waals surface area contributed by atoms with E-state index in [0.717, 1.165) is 49.4 Å². The highest BCUT2D eigenvalue weighted by Gasteiger charge is 2.21. The van der Waals surface area contributed by atoms with Crippen molar-refractivity contribution in [3.63, 3.8) is 0 Å². The molecule has 0 amide bonds. The molecule has 0 aliphatic carbocycles. The zero-order chi connectivity index (χ0) is 20.6. The summed E-state index contributed by atoms with van der Waals surface area (Å²) in [5, 5.41) is 8.13. The van der Waals surface area contributed by atoms with Crippen LogP contribution in [0.2, 0.25) is 5.02 Å². The summed E-state index contributed by atoms with van der Waals surface area (Å²) in [6.45, 7) is 11.1. The lowest BCUT2D eigenvalue weighted by Crippen LogP contribution is -2.52. The van der Waals surface area contributed by atoms with Gasteiger partial charge in [0, 0.05) is 39.3 Å². The van der Waals surface area contributed by atoms with E-state index in [0.29, 0.717) is 24.9 Å². The van der Waals surface area contributed by atoms with Gasteiger partial charge < -0.3 is 24.4 Å². The minimum atomic E-state index is -0.187. The fraction of sp³-hybridized carbons (Fsp3) is 0.550. The number of nitrogens with one attached hydrogen (secondary N) is 1. The second-order valence-corrected chi connectivity index (χ2v) is 7.15. The van der Waals surface area contributed by atoms with Gasteiger partial charge >= 0.3 is 0 Å². The Kier molecular flexibility index (Phi) is 7.71. The maximum atomic E-state index is 6.34. The second-order valence-electron chi connectivity index (χ2n) is 6.74. The minimum absolute atomic E-state index is 0.187. The first-order valence-electron chi connectivity index (χ1n) is 10.1. The number of aromatic nitrogens is 2. The van der Waals surface area contributed by atoms with E-state index in [1.165, 1.54) is 0 Å². The lowest BCUT2D eigenvalue weighted by Gasteiger charge is -2.38. The number of halogens is 1. The van der Waals surface area contributed by atoms with E-state index in [2.05, 4.69) is 38.2 Å². The largest absolute Gasteiger partial charge is 0.371 e. The number of piperazine rings is 1. The molecule has 8 nitrogen and oxygen atoms in total. The van der Waals surface area contributed by atoms with Crippen LogP contribution in [-0.2, 0) is 11.3 Å². The third-order valence-corrected chi connectivity index (χ3v) is 5.06. The van der Waals surface area contributed by atoms with Crippen molar-refractivity contribution in [3.05, 3.63) is 41.0 Å². The van der Waals surface area contributed by atoms with Crippen molar-refractivity contribution in [1.29, 1.82) is 0 Å². The van der Waals surface area contributed by atoms with Gasteiger partial charge in [-0.15, -0.1) is 0 Å². The van der Waals surface area contributed by atoms with Crippen molar-refractivity contribution < 1.29 is 9.26 Å². The molecule has 0 spiro atoms. The van der Waals surface area contributed by atoms with Crippen molar-refractivity contribution in [3.8, 4) is 0 Å². The third kappa shape index (κ3) is 5.61. The molecule has 0 bridgehead atoms. The minimum Gasteiger partial charge on any atom is -0.371 e. The number of nitrogens with zero attached hydrogens (tertiary/aromatic N) is 5. The van der Waals surface area contributed by atoms with E-state index < -0.39 is 0 Å². The Morgan fingerprint density at radius 2 is 2.03 bits per heavy atom. The van der Waals surface area contributed by atoms with Gasteiger partial charge in [0.25, 0.3) is 0 Å². The number of benzene rings is 1. The summed E-state index contributed by atoms with van der Waals surface area (Å²) < 4.78 is 10.8. The van der Waals surface area contributed by atoms with Gasteiger partial charge in [0.15, 0.2) is 11.8 Å². The van der Waals surface area contributed by atoms with E-state index >= 15 is 0 Å². The number of rotatable bonds is 7. The molecule has 1 N–H and O–H groups in total. The Morgan fingerprint density at radius 1 is 1.28 bits per heavy atom. The first-order chi connectivity index (χ1) is 14.1. The summed E-state index contributed by atoms with van der Waals surface area (Å²) in [5.74, 6) is 1.89. The zero-order valence-corrected chi connectivity index (χ0v) is 18.0. The normalized spacial score (nSPS) is 16.2. The van der Waals surface area contributed by atoms with Crippen LogP contribution in [0.1, 0.15) is 38.6 Å². The Bertz CT molecular complexity index is 804. The number of ether oxygens (including phenoxy) is 1. The maximum absolute atomic E-state index is 6.34. The van der Waals surface area contributed by atoms with Crippen molar-refractivity contribution in [2.24, 2.45) is 4.99 Å². The topological polar surface area (TPSA) is 79.0 Å². The molecule has 0 saturated carbocycles. The molecule has 1 aromatic carbocycles. The van der Waals surface area contributed by atoms with Crippen molar-refractivity contribution in [2.75, 3.05) is 44.2 Å². The summed E-state index contributed by atoms with van der Waals surface area (Å²) in [6, 6.07) is 7.97. The lowest BCUT2D eigenvalue weighted by molar-refractivity contribution is 0.0683. The van der Waals surface area contributed by atoms with Crippen LogP contribution in [0.3, 0.4) is 0 Å². The molecule has 1 aliphatic heterocycles. The molecular formula is C20H29ClN6O2. The number of guanidine groups is 1. The monoisotopic (exact) mass is 420 g/mol. The summed E-state index contributed by atoms with van der Waals surface area (Å²) in [5.41, 5.74) is 1.08. The molecule has 2 heterocycles. The third-order valence-electron chi connectivity index (χ3n) is 4.74. The van der Waals surface area contributed by atoms with E-state index in [1.807, 2.05) is 32.0 Å². The first-order valence-corrected chi connectivity index (χ1v) is 10.5. The second kappa shape index (κ2) is 10.5. The van der Waals surface area contributed by atoms with E-state index in [4.69, 9.17) is 25.9 Å². The summed E-state index contributed by atoms with van der Waals surface area (Å²) >= 11 is 6.34. The van der Waals surface area contributed by atoms with Gasteiger partial charge in [-0.05, 0) is 32.9 Å². The highest BCUT2D eigenvalue weighted by Crippen LogP contribution is 2.26. The van der Waals surface area contributed by atoms with Crippen LogP contribution in [0.25, 0.3) is 0 Å². The summed E-state index contributed by atoms with van der Waals surface area (Å²) in [7, 11) is 0. The Balaban J connectivity index is 1.61. The fourth-order valence-corrected chi connectivity index (χ4v) is 3.51. The maximum Gasteiger partial charge on any atom is 0.248 e. The van der Waals surface area contributed by atoms with Gasteiger partial charge in [0.05, 0.1) is 10.7 Å². The predicted octanol–water partition coefficient (Wildman–Crippen LogP) is 3.11. The van der Waals surface area contributed by atoms with Crippen LogP contribution in [0.15, 0.2) is 33.8 Å². The summed E-state index contributed by atoms with van der Waals surface area (Å²) in [6.07, 6.45) is -0.187. The Hall–Kier alpha value is -2.32. The standard InChI is InChI=1S/C20H29ClN6O2/c1-4-22-20(23-14-18-24-19(25-29-18)15(3)28-5-2)27-12-10-26(11-13-27)17-9-7-6-8-16(17)21/h6-9,15H,4-5,10-14H2,1-3H3,(H,22,23). The number of hydrogen-bond donors (Lipinski definition) is 1. The van der Waals surface area contributed by atoms with Gasteiger partial charge in [0.1, 0.15) is 12.6 Å². The molecule has 9 heteroatoms. The van der Waals surface area contributed by atoms with Gasteiger partial charge in [0.2, 0.25) is 5.89 Å². The predicted molar refractivity (Wildman–Crippen MR) is 114 cm³/mol. The Labute approximate surface area is 176 Å². The van der Waals surface area contributed by atoms with E-state index in [1.54, 1.807) is 0 Å². The SMILES string of the molecule is CCNC(=NCc1nc(C(C)OCC)no1)N1CCN(c2ccccc2Cl)CC1. The van der Waals surface area contributed by atoms with Gasteiger partial charge in [-0.3, -0.25) is 0 Å². The molecule has 1 aromatic heterocycles. The van der Waals surface area contributed by atoms with Crippen LogP contribution in [0, 0.1) is 0 Å². The van der Waals surface area contributed by atoms with Crippen LogP contribution < -0.4 is 10.2 Å². The number of anilines is 1. The molecule has 29 heavy (non-hydrogen) atoms. The highest BCUT2D eigenvalue weighted by atomic mass is 35.5. The van der Waals surface area contributed by atoms with Gasteiger partial charge in [-0.25, -0.2) is 4.99 Å². The molecule has 1 saturated heterocycles. The number of para-hydroxylation sites is 1. The van der Waals surface area contributed by atoms with E-state index in [9.17, 15) is 0 Å². The molecule has 0 radical (unpaired) electrons. The first kappa shape index (κ1) is 21.4. The lowest BCUT2D eigenvalue weighted by atomic mass is 10.2. The molecule has 3 rings (SSSR count). The molecule has 1 aliphatic rings.